The minimum atomic E-state index is -0.0352. The lowest BCUT2D eigenvalue weighted by molar-refractivity contribution is 0.174. The first-order valence-electron chi connectivity index (χ1n) is 11.1. The molecule has 172 valence electrons. The molecule has 2 unspecified atom stereocenters. The van der Waals surface area contributed by atoms with Crippen LogP contribution in [-0.2, 0) is 4.74 Å². The third kappa shape index (κ3) is 3.94. The van der Waals surface area contributed by atoms with Crippen molar-refractivity contribution in [1.82, 2.24) is 19.8 Å². The lowest BCUT2D eigenvalue weighted by Gasteiger charge is -2.28. The van der Waals surface area contributed by atoms with Gasteiger partial charge in [0.15, 0.2) is 16.6 Å². The molecule has 3 aromatic rings. The molecule has 1 aromatic carbocycles. The van der Waals surface area contributed by atoms with Gasteiger partial charge in [-0.15, -0.1) is 0 Å². The molecule has 2 aliphatic heterocycles. The van der Waals surface area contributed by atoms with Gasteiger partial charge in [-0.2, -0.15) is 0 Å². The quantitative estimate of drug-likeness (QED) is 0.415. The van der Waals surface area contributed by atoms with Gasteiger partial charge >= 0.3 is 0 Å². The number of pyridine rings is 1. The van der Waals surface area contributed by atoms with Gasteiger partial charge in [-0.1, -0.05) is 6.07 Å². The van der Waals surface area contributed by atoms with E-state index in [-0.39, 0.29) is 18.9 Å². The predicted molar refractivity (Wildman–Crippen MR) is 130 cm³/mol. The van der Waals surface area contributed by atoms with E-state index in [1.54, 1.807) is 7.11 Å². The number of hydrogen-bond donors (Lipinski definition) is 1. The fourth-order valence-electron chi connectivity index (χ4n) is 4.87. The van der Waals surface area contributed by atoms with Crippen molar-refractivity contribution in [3.8, 4) is 17.2 Å². The molecule has 1 fully saturated rings. The summed E-state index contributed by atoms with van der Waals surface area (Å²) in [4.78, 5) is 6.92. The lowest BCUT2D eigenvalue weighted by Crippen LogP contribution is -2.31. The van der Waals surface area contributed by atoms with Gasteiger partial charge in [0, 0.05) is 49.6 Å². The molecule has 0 bridgehead atoms. The second kappa shape index (κ2) is 9.03. The standard InChI is InChI=1S/C25H28N4O3S/c1-16-13-19(17(2)29(16)18-8-9-21-22(14-18)32-15-31-21)24-23(20-7-4-5-10-26-20)27-25(33)28(24)11-6-12-30-3/h4-5,7-10,13-14,23-24H,6,11-12,15H2,1-3H3,(H,27,33). The number of fused-ring (bicyclic) bond motifs is 1. The average Bonchev–Trinajstić information content (AvgIpc) is 3.50. The van der Waals surface area contributed by atoms with Gasteiger partial charge in [0.05, 0.1) is 17.8 Å². The van der Waals surface area contributed by atoms with Crippen molar-refractivity contribution in [2.24, 2.45) is 0 Å². The van der Waals surface area contributed by atoms with Crippen LogP contribution in [0.5, 0.6) is 11.5 Å². The van der Waals surface area contributed by atoms with Crippen molar-refractivity contribution < 1.29 is 14.2 Å². The Morgan fingerprint density at radius 1 is 1.15 bits per heavy atom. The average molecular weight is 465 g/mol. The molecule has 33 heavy (non-hydrogen) atoms. The van der Waals surface area contributed by atoms with Crippen LogP contribution in [-0.4, -0.2) is 46.6 Å². The molecule has 0 amide bonds. The second-order valence-electron chi connectivity index (χ2n) is 8.37. The van der Waals surface area contributed by atoms with E-state index in [2.05, 4.69) is 51.8 Å². The monoisotopic (exact) mass is 464 g/mol. The molecule has 7 nitrogen and oxygen atoms in total. The Labute approximate surface area is 199 Å². The Morgan fingerprint density at radius 3 is 2.79 bits per heavy atom. The van der Waals surface area contributed by atoms with Crippen LogP contribution in [0.15, 0.2) is 48.7 Å². The highest BCUT2D eigenvalue weighted by Crippen LogP contribution is 2.42. The summed E-state index contributed by atoms with van der Waals surface area (Å²) in [5, 5.41) is 4.28. The molecule has 0 saturated carbocycles. The Kier molecular flexibility index (Phi) is 5.95. The molecule has 1 saturated heterocycles. The topological polar surface area (TPSA) is 60.8 Å². The van der Waals surface area contributed by atoms with E-state index in [1.807, 2.05) is 30.5 Å². The zero-order valence-corrected chi connectivity index (χ0v) is 19.9. The number of rotatable bonds is 7. The van der Waals surface area contributed by atoms with Gasteiger partial charge in [0.2, 0.25) is 6.79 Å². The van der Waals surface area contributed by atoms with Crippen molar-refractivity contribution in [2.45, 2.75) is 32.4 Å². The summed E-state index contributed by atoms with van der Waals surface area (Å²) in [6, 6.07) is 14.3. The summed E-state index contributed by atoms with van der Waals surface area (Å²) in [6.07, 6.45) is 2.73. The van der Waals surface area contributed by atoms with Crippen LogP contribution >= 0.6 is 12.2 Å². The molecule has 2 aromatic heterocycles. The van der Waals surface area contributed by atoms with Gasteiger partial charge < -0.3 is 29.0 Å². The van der Waals surface area contributed by atoms with Crippen molar-refractivity contribution in [2.75, 3.05) is 27.1 Å². The van der Waals surface area contributed by atoms with Gasteiger partial charge in [-0.25, -0.2) is 0 Å². The Morgan fingerprint density at radius 2 is 2.00 bits per heavy atom. The van der Waals surface area contributed by atoms with Crippen molar-refractivity contribution in [3.05, 3.63) is 71.3 Å². The maximum absolute atomic E-state index is 5.78. The predicted octanol–water partition coefficient (Wildman–Crippen LogP) is 4.23. The van der Waals surface area contributed by atoms with Crippen molar-refractivity contribution in [1.29, 1.82) is 0 Å². The molecular weight excluding hydrogens is 436 g/mol. The number of hydrogen-bond acceptors (Lipinski definition) is 5. The largest absolute Gasteiger partial charge is 0.454 e. The van der Waals surface area contributed by atoms with E-state index < -0.39 is 0 Å². The van der Waals surface area contributed by atoms with E-state index in [0.717, 1.165) is 46.7 Å². The SMILES string of the molecule is COCCCN1C(=S)NC(c2ccccn2)C1c1cc(C)n(-c2ccc3c(c2)OCO3)c1C. The van der Waals surface area contributed by atoms with Gasteiger partial charge in [-0.05, 0) is 68.4 Å². The highest BCUT2D eigenvalue weighted by atomic mass is 32.1. The number of methoxy groups -OCH3 is 1. The van der Waals surface area contributed by atoms with Gasteiger partial charge in [0.25, 0.3) is 0 Å². The number of ether oxygens (including phenoxy) is 3. The first kappa shape index (κ1) is 21.7. The third-order valence-electron chi connectivity index (χ3n) is 6.35. The number of aromatic nitrogens is 2. The van der Waals surface area contributed by atoms with E-state index in [9.17, 15) is 0 Å². The number of nitrogens with one attached hydrogen (secondary N) is 1. The first-order chi connectivity index (χ1) is 16.1. The molecule has 2 aliphatic rings. The number of aryl methyl sites for hydroxylation is 1. The van der Waals surface area contributed by atoms with E-state index >= 15 is 0 Å². The fraction of sp³-hybridized carbons (Fsp3) is 0.360. The lowest BCUT2D eigenvalue weighted by atomic mass is 9.96. The zero-order chi connectivity index (χ0) is 22.9. The van der Waals surface area contributed by atoms with Crippen LogP contribution in [0.2, 0.25) is 0 Å². The number of benzene rings is 1. The van der Waals surface area contributed by atoms with Crippen LogP contribution in [0.25, 0.3) is 5.69 Å². The fourth-order valence-corrected chi connectivity index (χ4v) is 5.20. The summed E-state index contributed by atoms with van der Waals surface area (Å²) in [5.41, 5.74) is 5.57. The Hall–Kier alpha value is -3.10. The Balaban J connectivity index is 1.57. The van der Waals surface area contributed by atoms with Crippen LogP contribution in [0.4, 0.5) is 0 Å². The number of thiocarbonyl (C=S) groups is 1. The van der Waals surface area contributed by atoms with Crippen molar-refractivity contribution >= 4 is 17.3 Å². The van der Waals surface area contributed by atoms with Crippen LogP contribution in [0.1, 0.15) is 41.1 Å². The summed E-state index contributed by atoms with van der Waals surface area (Å²) in [6.45, 7) is 6.06. The number of nitrogens with zero attached hydrogens (tertiary/aromatic N) is 3. The van der Waals surface area contributed by atoms with Gasteiger partial charge in [0.1, 0.15) is 0 Å². The van der Waals surface area contributed by atoms with E-state index in [0.29, 0.717) is 6.61 Å². The van der Waals surface area contributed by atoms with Crippen LogP contribution in [0, 0.1) is 13.8 Å². The molecule has 0 spiro atoms. The molecule has 5 rings (SSSR count). The molecular formula is C25H28N4O3S. The minimum absolute atomic E-state index is 0.0261. The third-order valence-corrected chi connectivity index (χ3v) is 6.70. The summed E-state index contributed by atoms with van der Waals surface area (Å²) in [7, 11) is 1.73. The maximum atomic E-state index is 5.78. The van der Waals surface area contributed by atoms with E-state index in [1.165, 1.54) is 11.3 Å². The maximum Gasteiger partial charge on any atom is 0.231 e. The van der Waals surface area contributed by atoms with Crippen molar-refractivity contribution in [3.63, 3.8) is 0 Å². The molecule has 0 radical (unpaired) electrons. The first-order valence-corrected chi connectivity index (χ1v) is 11.5. The van der Waals surface area contributed by atoms with Crippen LogP contribution < -0.4 is 14.8 Å². The smallest absolute Gasteiger partial charge is 0.231 e. The van der Waals surface area contributed by atoms with E-state index in [4.69, 9.17) is 26.4 Å². The molecule has 4 heterocycles. The highest BCUT2D eigenvalue weighted by Gasteiger charge is 2.41. The van der Waals surface area contributed by atoms with Gasteiger partial charge in [-0.3, -0.25) is 4.98 Å². The highest BCUT2D eigenvalue weighted by molar-refractivity contribution is 7.80. The molecule has 8 heteroatoms. The molecule has 2 atom stereocenters. The summed E-state index contributed by atoms with van der Waals surface area (Å²) in [5.74, 6) is 1.56. The molecule has 0 aliphatic carbocycles. The summed E-state index contributed by atoms with van der Waals surface area (Å²) >= 11 is 5.78. The molecule has 1 N–H and O–H groups in total. The second-order valence-corrected chi connectivity index (χ2v) is 8.75. The van der Waals surface area contributed by atoms with Crippen LogP contribution in [0.3, 0.4) is 0 Å². The summed E-state index contributed by atoms with van der Waals surface area (Å²) < 4.78 is 18.7. The normalized spacial score (nSPS) is 19.2. The Bertz CT molecular complexity index is 1160. The zero-order valence-electron chi connectivity index (χ0n) is 19.1. The minimum Gasteiger partial charge on any atom is -0.454 e.